The quantitative estimate of drug-likeness (QED) is 0.0117. The Bertz CT molecular complexity index is 6680. The van der Waals surface area contributed by atoms with Crippen LogP contribution in [0.1, 0.15) is 213 Å². The summed E-state index contributed by atoms with van der Waals surface area (Å²) >= 11 is 2.29. The van der Waals surface area contributed by atoms with Crippen molar-refractivity contribution >= 4 is 149 Å². The van der Waals surface area contributed by atoms with Crippen molar-refractivity contribution in [1.29, 1.82) is 0 Å². The largest absolute Gasteiger partial charge is 1.00 e. The molecule has 0 fully saturated rings. The number of nitrogens with zero attached hydrogens (tertiary/aromatic N) is 9. The molecule has 0 aliphatic carbocycles. The van der Waals surface area contributed by atoms with Crippen LogP contribution in [-0.4, -0.2) is 118 Å². The van der Waals surface area contributed by atoms with E-state index in [1.54, 1.807) is 33.7 Å². The van der Waals surface area contributed by atoms with Crippen LogP contribution in [0.25, 0.3) is 87.6 Å². The topological polar surface area (TPSA) is 271 Å². The number of para-hydroxylation sites is 6. The zero-order chi connectivity index (χ0) is 91.7. The van der Waals surface area contributed by atoms with Gasteiger partial charge in [-0.1, -0.05) is 167 Å². The van der Waals surface area contributed by atoms with Crippen LogP contribution in [0.2, 0.25) is 0 Å². The van der Waals surface area contributed by atoms with Gasteiger partial charge < -0.3 is 50.8 Å². The Labute approximate surface area is 823 Å². The molecule has 8 aromatic carbocycles. The first-order chi connectivity index (χ1) is 61.4. The minimum Gasteiger partial charge on any atom is -1.00 e. The molecule has 3 atom stereocenters. The van der Waals surface area contributed by atoms with Gasteiger partial charge in [-0.15, -0.1) is 0 Å². The van der Waals surface area contributed by atoms with Crippen molar-refractivity contribution in [3.05, 3.63) is 282 Å². The molecular weight excluding hydrogens is 1770 g/mol. The maximum Gasteiger partial charge on any atom is 1.00 e. The number of hydrogen-bond acceptors (Lipinski definition) is 11. The summed E-state index contributed by atoms with van der Waals surface area (Å²) in [6.07, 6.45) is 16.9. The molecule has 8 heterocycles. The Hall–Kier alpha value is -10.2. The van der Waals surface area contributed by atoms with Crippen LogP contribution in [0, 0.1) is 34.6 Å². The standard InChI is InChI=1S/C27H33N3O3.C25H29N3O3.C15H20N2O3.C12H15NO.C12H13NO.C10H9NO.C2H5I.B.2Na.2H/c1-5-11-21(16-25(31)33-7-3)30-23-14-9-8-13-22(23)29(27(30)32)18-20-17-28(6-2)24-15-10-12-19(4)26(20)24;1-4-9-19(14-23(29)30)28-21-12-7-6-11-20(21)27(25(28)31)16-18-15-26(5-2)22-13-8-10-17(3)24(18)22;1-3-7-11(10-14(18)20-4-2)17-13-9-6-5-8-12(13)16-15(17)19;2*1-3-13-7-10(8-14)12-9(2)5-4-6-11(12)13;1-7-3-2-4-9-10(7)8(6-12)5-11-9;1-2-3;;;;;/h8-10,12-15,17,21H,5-7,11,16,18H2,1-4H3;6-8,10-13,15,19H,4-5,9,14,16H2,1-3H3,(H,29,30);5-6,8-9,11H,3-4,7,10H2,1-2H3,(H,16,19);4-7,14H,3,8H2,1-2H3;4-8H,3H2,1-2H3;2-6,11H,1H3;2H2,1H3;;;;;/q;;;;;;;;2*+1;2*-1. The first-order valence-corrected chi connectivity index (χ1v) is 46.0. The summed E-state index contributed by atoms with van der Waals surface area (Å²) in [7, 11) is 0. The van der Waals surface area contributed by atoms with Crippen LogP contribution in [-0.2, 0) is 69.7 Å². The number of aldehydes is 2. The molecule has 0 aliphatic rings. The number of aromatic amines is 2. The normalized spacial score (nSPS) is 11.5. The van der Waals surface area contributed by atoms with Gasteiger partial charge >= 0.3 is 94.1 Å². The number of H-pyrrole nitrogens is 2. The van der Waals surface area contributed by atoms with Gasteiger partial charge in [0.2, 0.25) is 0 Å². The number of carboxylic acid groups (broad SMARTS) is 1. The smallest absolute Gasteiger partial charge is 1.00 e. The molecule has 16 rings (SSSR count). The van der Waals surface area contributed by atoms with Crippen molar-refractivity contribution in [2.45, 2.75) is 226 Å². The van der Waals surface area contributed by atoms with Gasteiger partial charge in [0, 0.05) is 155 Å². The van der Waals surface area contributed by atoms with E-state index in [0.717, 1.165) is 165 Å². The number of nitrogens with one attached hydrogen (secondary N) is 2. The Kier molecular flexibility index (Phi) is 42.4. The van der Waals surface area contributed by atoms with Crippen LogP contribution < -0.4 is 76.2 Å². The number of aryl methyl sites for hydroxylation is 9. The summed E-state index contributed by atoms with van der Waals surface area (Å²) in [6.45, 7) is 35.9. The predicted octanol–water partition coefficient (Wildman–Crippen LogP) is 15.8. The molecule has 4 N–H and O–H groups in total. The summed E-state index contributed by atoms with van der Waals surface area (Å²) < 4.78 is 29.0. The first kappa shape index (κ1) is 107. The van der Waals surface area contributed by atoms with Gasteiger partial charge in [0.1, 0.15) is 0 Å². The van der Waals surface area contributed by atoms with Gasteiger partial charge in [0.25, 0.3) is 0 Å². The zero-order valence-electron chi connectivity index (χ0n) is 80.8. The molecule has 3 unspecified atom stereocenters. The third-order valence-electron chi connectivity index (χ3n) is 23.3. The van der Waals surface area contributed by atoms with Gasteiger partial charge in [-0.3, -0.25) is 46.8 Å². The fraction of sp³-hybridized carbons (Fsp3) is 0.359. The Morgan fingerprint density at radius 2 is 0.746 bits per heavy atom. The SMILES string of the molecule is CCCC(CC(=O)O)n1c(=O)n(Cc2cn(CC)c3cccc(C)c23)c2ccccc21.CCCC(CC(=O)OCC)n1c(=O)[nH]c2ccccc21.CCCC(CC(=O)OCC)n1c(=O)n(Cc2cn(CC)c3cccc(C)c23)c2ccccc21.CCI.CCn1cc(C=O)c2c(C)cccc21.CCn1cc(CO)c2c(C)cccc21.Cc1cccc2[nH]cc(C=O)c12.[B].[H-].[H-].[Na+].[Na+]. The Morgan fingerprint density at radius 1 is 0.415 bits per heavy atom. The van der Waals surface area contributed by atoms with Crippen LogP contribution in [0.3, 0.4) is 0 Å². The molecule has 23 nitrogen and oxygen atoms in total. The van der Waals surface area contributed by atoms with Crippen LogP contribution >= 0.6 is 22.6 Å². The molecule has 0 bridgehead atoms. The van der Waals surface area contributed by atoms with E-state index in [9.17, 15) is 48.6 Å². The van der Waals surface area contributed by atoms with Crippen molar-refractivity contribution in [2.75, 3.05) is 17.6 Å². The van der Waals surface area contributed by atoms with Crippen LogP contribution in [0.5, 0.6) is 0 Å². The number of imidazole rings is 3. The van der Waals surface area contributed by atoms with Gasteiger partial charge in [0.15, 0.2) is 12.6 Å². The molecule has 16 aromatic rings. The van der Waals surface area contributed by atoms with Crippen molar-refractivity contribution in [3.63, 3.8) is 0 Å². The number of aliphatic carboxylic acids is 1. The molecule has 677 valence electrons. The summed E-state index contributed by atoms with van der Waals surface area (Å²) in [5, 5.41) is 24.4. The molecule has 0 spiro atoms. The Morgan fingerprint density at radius 3 is 1.14 bits per heavy atom. The Balaban J connectivity index is 0.000000287. The molecule has 0 saturated carbocycles. The van der Waals surface area contributed by atoms with Crippen molar-refractivity contribution in [3.8, 4) is 0 Å². The van der Waals surface area contributed by atoms with E-state index in [2.05, 4.69) is 186 Å². The number of rotatable bonds is 28. The number of hydrogen-bond donors (Lipinski definition) is 4. The zero-order valence-corrected chi connectivity index (χ0v) is 84.9. The minimum atomic E-state index is -0.885. The average Bonchev–Trinajstić information content (AvgIpc) is 1.60. The number of aliphatic hydroxyl groups excluding tert-OH is 1. The number of benzene rings is 8. The second-order valence-electron chi connectivity index (χ2n) is 31.7. The average molecular weight is 1890 g/mol. The second kappa shape index (κ2) is 51.5. The number of carboxylic acids is 1. The van der Waals surface area contributed by atoms with Gasteiger partial charge in [-0.25, -0.2) is 14.4 Å². The van der Waals surface area contributed by atoms with E-state index in [1.807, 2.05) is 152 Å². The number of ether oxygens (including phenoxy) is 2. The number of aromatic nitrogens is 11. The first-order valence-electron chi connectivity index (χ1n) is 44.5. The second-order valence-corrected chi connectivity index (χ2v) is 33.2. The number of alkyl halides is 1. The van der Waals surface area contributed by atoms with Crippen LogP contribution in [0.4, 0.5) is 0 Å². The van der Waals surface area contributed by atoms with Gasteiger partial charge in [-0.2, -0.15) is 0 Å². The fourth-order valence-electron chi connectivity index (χ4n) is 17.7. The third-order valence-corrected chi connectivity index (χ3v) is 23.3. The molecule has 27 heteroatoms. The summed E-state index contributed by atoms with van der Waals surface area (Å²) in [5.41, 5.74) is 21.1. The third kappa shape index (κ3) is 24.7. The van der Waals surface area contributed by atoms with E-state index in [0.29, 0.717) is 32.7 Å². The number of fused-ring (bicyclic) bond motifs is 8. The fourth-order valence-corrected chi connectivity index (χ4v) is 17.7. The van der Waals surface area contributed by atoms with Crippen molar-refractivity contribution < 1.29 is 106 Å². The molecular formula is C103H126BIN11Na2O12. The van der Waals surface area contributed by atoms with Crippen LogP contribution in [0.15, 0.2) is 209 Å². The van der Waals surface area contributed by atoms with E-state index >= 15 is 0 Å². The maximum atomic E-state index is 13.8. The molecule has 130 heavy (non-hydrogen) atoms. The van der Waals surface area contributed by atoms with E-state index in [4.69, 9.17) is 9.47 Å². The predicted molar refractivity (Wildman–Crippen MR) is 531 cm³/mol. The van der Waals surface area contributed by atoms with Crippen molar-refractivity contribution in [1.82, 2.24) is 51.1 Å². The maximum absolute atomic E-state index is 13.8. The van der Waals surface area contributed by atoms with Gasteiger partial charge in [-0.05, 0) is 206 Å². The van der Waals surface area contributed by atoms with Crippen molar-refractivity contribution in [2.24, 2.45) is 0 Å². The summed E-state index contributed by atoms with van der Waals surface area (Å²) in [6, 6.07) is 53.3. The number of esters is 2. The molecule has 3 radical (unpaired) electrons. The monoisotopic (exact) mass is 1890 g/mol. The number of aliphatic hydroxyl groups is 1. The molecule has 8 aromatic heterocycles. The summed E-state index contributed by atoms with van der Waals surface area (Å²) in [4.78, 5) is 102. The number of carbonyl (C=O) groups excluding carboxylic acids is 4. The van der Waals surface area contributed by atoms with E-state index in [1.165, 1.54) is 53.8 Å². The number of halogens is 1. The van der Waals surface area contributed by atoms with E-state index in [-0.39, 0.29) is 143 Å². The molecule has 0 saturated heterocycles. The molecule has 0 amide bonds. The molecule has 0 aliphatic heterocycles. The van der Waals surface area contributed by atoms with Gasteiger partial charge in [0.05, 0.1) is 85.3 Å². The minimum absolute atomic E-state index is 0. The summed E-state index contributed by atoms with van der Waals surface area (Å²) in [5.74, 6) is -1.41. The number of carbonyl (C=O) groups is 5. The van der Waals surface area contributed by atoms with E-state index < -0.39 is 5.97 Å².